The van der Waals surface area contributed by atoms with E-state index < -0.39 is 46.6 Å². The summed E-state index contributed by atoms with van der Waals surface area (Å²) < 4.78 is 37.3. The summed E-state index contributed by atoms with van der Waals surface area (Å²) in [5.74, 6) is 1.45. The number of aliphatic hydroxyl groups is 1. The third kappa shape index (κ3) is 4.69. The van der Waals surface area contributed by atoms with E-state index in [1.165, 1.54) is 18.7 Å². The Morgan fingerprint density at radius 2 is 1.91 bits per heavy atom. The number of para-hydroxylation sites is 1. The van der Waals surface area contributed by atoms with Crippen molar-refractivity contribution in [2.24, 2.45) is 0 Å². The summed E-state index contributed by atoms with van der Waals surface area (Å²) >= 11 is 1.51. The van der Waals surface area contributed by atoms with Crippen LogP contribution in [0.3, 0.4) is 0 Å². The number of rotatable bonds is 3. The van der Waals surface area contributed by atoms with E-state index >= 15 is 0 Å². The van der Waals surface area contributed by atoms with Gasteiger partial charge in [-0.15, -0.1) is 11.8 Å². The average Bonchev–Trinajstić information content (AvgIpc) is 3.76. The molecule has 3 aromatic carbocycles. The molecule has 14 heteroatoms. The fourth-order valence-corrected chi connectivity index (χ4v) is 12.2. The lowest BCUT2D eigenvalue weighted by atomic mass is 9.78. The SMILES string of the molecule is CCN1CC2(O)Cc3cc(C)c(OC)c(O)c3[C@H]1[C@@H]1[C@@H]3SC[C@]4(NCCc5c4oc4ccccc54)C(=O)OC[C@@H](c4c5c(c(C)c(OC(C)=O)c43)OCO5)N12. The highest BCUT2D eigenvalue weighted by molar-refractivity contribution is 7.99. The number of nitrogens with zero attached hydrogens (tertiary/aromatic N) is 2. The largest absolute Gasteiger partial charge is 0.504 e. The minimum absolute atomic E-state index is 0.0380. The second-order valence-electron chi connectivity index (χ2n) is 15.5. The maximum absolute atomic E-state index is 14.8. The van der Waals surface area contributed by atoms with Gasteiger partial charge in [-0.1, -0.05) is 31.2 Å². The van der Waals surface area contributed by atoms with E-state index in [4.69, 9.17) is 28.1 Å². The average molecular weight is 770 g/mol. The number of hydrogen-bond acceptors (Lipinski definition) is 14. The minimum atomic E-state index is -1.49. The number of piperazine rings is 1. The quantitative estimate of drug-likeness (QED) is 0.193. The molecule has 1 aromatic heterocycles. The van der Waals surface area contributed by atoms with Gasteiger partial charge in [0.05, 0.1) is 24.4 Å². The van der Waals surface area contributed by atoms with Gasteiger partial charge < -0.3 is 38.3 Å². The van der Waals surface area contributed by atoms with Crippen LogP contribution in [0.2, 0.25) is 0 Å². The van der Waals surface area contributed by atoms with Crippen molar-refractivity contribution in [2.75, 3.05) is 45.9 Å². The van der Waals surface area contributed by atoms with Gasteiger partial charge in [0.1, 0.15) is 29.4 Å². The van der Waals surface area contributed by atoms with Crippen LogP contribution in [0.25, 0.3) is 11.0 Å². The van der Waals surface area contributed by atoms with Crippen LogP contribution >= 0.6 is 11.8 Å². The molecule has 13 nitrogen and oxygen atoms in total. The van der Waals surface area contributed by atoms with Gasteiger partial charge in [0, 0.05) is 71.4 Å². The second-order valence-corrected chi connectivity index (χ2v) is 16.6. The molecule has 0 radical (unpaired) electrons. The molecule has 2 unspecified atom stereocenters. The topological polar surface area (TPSA) is 152 Å². The molecular weight excluding hydrogens is 727 g/mol. The highest BCUT2D eigenvalue weighted by Gasteiger charge is 2.64. The first-order valence-corrected chi connectivity index (χ1v) is 19.9. The molecule has 7 atom stereocenters. The Bertz CT molecular complexity index is 2330. The van der Waals surface area contributed by atoms with Crippen LogP contribution in [0.4, 0.5) is 0 Å². The number of ether oxygens (including phenoxy) is 5. The summed E-state index contributed by atoms with van der Waals surface area (Å²) in [4.78, 5) is 32.1. The van der Waals surface area contributed by atoms with Crippen LogP contribution in [0.1, 0.15) is 75.9 Å². The fourth-order valence-electron chi connectivity index (χ4n) is 10.5. The molecule has 4 bridgehead atoms. The van der Waals surface area contributed by atoms with Crippen molar-refractivity contribution in [1.82, 2.24) is 15.1 Å². The van der Waals surface area contributed by atoms with Crippen molar-refractivity contribution in [2.45, 2.75) is 75.2 Å². The number of methoxy groups -OCH3 is 1. The van der Waals surface area contributed by atoms with Crippen LogP contribution in [-0.4, -0.2) is 89.6 Å². The Morgan fingerprint density at radius 1 is 1.11 bits per heavy atom. The Balaban J connectivity index is 1.26. The van der Waals surface area contributed by atoms with E-state index in [1.54, 1.807) is 7.11 Å². The van der Waals surface area contributed by atoms with E-state index in [0.717, 1.165) is 22.1 Å². The Kier molecular flexibility index (Phi) is 7.80. The van der Waals surface area contributed by atoms with Crippen molar-refractivity contribution in [3.63, 3.8) is 0 Å². The first-order valence-electron chi connectivity index (χ1n) is 18.8. The maximum Gasteiger partial charge on any atom is 0.335 e. The number of likely N-dealkylation sites (N-methyl/N-ethyl adjacent to an activating group) is 1. The van der Waals surface area contributed by atoms with Gasteiger partial charge in [-0.3, -0.25) is 19.9 Å². The number of thioether (sulfide) groups is 1. The lowest BCUT2D eigenvalue weighted by Gasteiger charge is -2.61. The van der Waals surface area contributed by atoms with Gasteiger partial charge in [0.25, 0.3) is 0 Å². The van der Waals surface area contributed by atoms with Gasteiger partial charge in [0.2, 0.25) is 6.79 Å². The summed E-state index contributed by atoms with van der Waals surface area (Å²) in [6.07, 6.45) is 0.867. The van der Waals surface area contributed by atoms with Crippen LogP contribution in [-0.2, 0) is 32.7 Å². The van der Waals surface area contributed by atoms with E-state index in [9.17, 15) is 19.8 Å². The number of phenols is 1. The molecule has 8 aliphatic heterocycles. The smallest absolute Gasteiger partial charge is 0.335 e. The summed E-state index contributed by atoms with van der Waals surface area (Å²) in [5.41, 5.74) is 3.06. The molecular formula is C41H43N3O10S. The molecule has 0 amide bonds. The highest BCUT2D eigenvalue weighted by Crippen LogP contribution is 2.65. The molecule has 4 aromatic rings. The number of esters is 2. The number of aryl methyl sites for hydroxylation is 1. The lowest BCUT2D eigenvalue weighted by Crippen LogP contribution is -2.70. The molecule has 55 heavy (non-hydrogen) atoms. The van der Waals surface area contributed by atoms with Crippen molar-refractivity contribution in [1.29, 1.82) is 0 Å². The van der Waals surface area contributed by atoms with E-state index in [2.05, 4.69) is 15.1 Å². The molecule has 2 fully saturated rings. The standard InChI is InChI=1S/C41H43N3O10S/c1-6-43-16-40(48)14-22-13-19(2)33(49-5)32(46)27(22)30(43)31-37-29-28(36-35(51-18-52-36)20(3)34(29)53-21(4)45)25(44(31)40)15-50-39(47)41(17-55-37)38-24(11-12-42-41)23-9-7-8-10-26(23)54-38/h7-10,13,25,30-31,37,42,46,48H,6,11-12,14-18H2,1-5H3/t25-,30-,31+,37+,40?,41+/m0/s1. The molecule has 12 rings (SSSR count). The molecule has 2 saturated heterocycles. The van der Waals surface area contributed by atoms with Crippen molar-refractivity contribution in [3.8, 4) is 28.7 Å². The minimum Gasteiger partial charge on any atom is -0.504 e. The van der Waals surface area contributed by atoms with Gasteiger partial charge >= 0.3 is 11.9 Å². The maximum atomic E-state index is 14.8. The van der Waals surface area contributed by atoms with E-state index in [-0.39, 0.29) is 37.9 Å². The molecule has 9 heterocycles. The Labute approximate surface area is 321 Å². The Hall–Kier alpha value is -4.47. The van der Waals surface area contributed by atoms with E-state index in [1.807, 2.05) is 51.1 Å². The van der Waals surface area contributed by atoms with Crippen LogP contribution in [0.15, 0.2) is 34.7 Å². The summed E-state index contributed by atoms with van der Waals surface area (Å²) in [7, 11) is 1.55. The first kappa shape index (κ1) is 35.0. The normalized spacial score (nSPS) is 30.3. The summed E-state index contributed by atoms with van der Waals surface area (Å²) in [6.45, 7) is 8.30. The Morgan fingerprint density at radius 3 is 2.69 bits per heavy atom. The molecule has 1 spiro atoms. The predicted molar refractivity (Wildman–Crippen MR) is 201 cm³/mol. The molecule has 0 saturated carbocycles. The van der Waals surface area contributed by atoms with Crippen molar-refractivity contribution < 1.29 is 47.9 Å². The molecule has 8 aliphatic rings. The van der Waals surface area contributed by atoms with Gasteiger partial charge in [-0.05, 0) is 44.0 Å². The first-order chi connectivity index (χ1) is 26.5. The zero-order valence-corrected chi connectivity index (χ0v) is 32.1. The molecule has 3 N–H and O–H groups in total. The number of hydrogen-bond donors (Lipinski definition) is 3. The van der Waals surface area contributed by atoms with Crippen molar-refractivity contribution in [3.05, 3.63) is 75.0 Å². The fraction of sp³-hybridized carbons (Fsp3) is 0.463. The monoisotopic (exact) mass is 769 g/mol. The van der Waals surface area contributed by atoms with Gasteiger partial charge in [0.15, 0.2) is 28.5 Å². The molecule has 0 aliphatic carbocycles. The van der Waals surface area contributed by atoms with Crippen LogP contribution in [0, 0.1) is 13.8 Å². The second kappa shape index (κ2) is 12.3. The highest BCUT2D eigenvalue weighted by atomic mass is 32.2. The number of nitrogens with one attached hydrogen (secondary N) is 1. The van der Waals surface area contributed by atoms with Gasteiger partial charge in [-0.25, -0.2) is 4.79 Å². The number of fused-ring (bicyclic) bond motifs is 8. The zero-order chi connectivity index (χ0) is 38.1. The number of carbonyl (C=O) groups is 2. The number of phenolic OH excluding ortho intramolecular Hbond substituents is 1. The van der Waals surface area contributed by atoms with E-state index in [0.29, 0.717) is 76.1 Å². The number of carbonyl (C=O) groups excluding carboxylic acids is 2. The van der Waals surface area contributed by atoms with Crippen LogP contribution < -0.4 is 24.3 Å². The number of aromatic hydroxyl groups is 1. The van der Waals surface area contributed by atoms with Gasteiger partial charge in [-0.2, -0.15) is 0 Å². The summed E-state index contributed by atoms with van der Waals surface area (Å²) in [5, 5.41) is 29.3. The zero-order valence-electron chi connectivity index (χ0n) is 31.3. The number of benzene rings is 3. The van der Waals surface area contributed by atoms with Crippen molar-refractivity contribution >= 4 is 34.7 Å². The predicted octanol–water partition coefficient (Wildman–Crippen LogP) is 4.84. The lowest BCUT2D eigenvalue weighted by molar-refractivity contribution is -0.218. The third-order valence-corrected chi connectivity index (χ3v) is 14.1. The molecule has 288 valence electrons. The number of furan rings is 1. The van der Waals surface area contributed by atoms with Crippen LogP contribution in [0.5, 0.6) is 28.7 Å². The third-order valence-electron chi connectivity index (χ3n) is 12.6. The summed E-state index contributed by atoms with van der Waals surface area (Å²) in [6, 6.07) is 8.04.